The average molecular weight is 383 g/mol. The number of carbonyl (C=O) groups is 3. The number of para-hydroxylation sites is 1. The van der Waals surface area contributed by atoms with Crippen LogP contribution in [0.2, 0.25) is 0 Å². The standard InChI is InChI=1S/C15H19BrN4O3/c16-11-5-1-2-6-12(11)19-13(21)8-18-14(22)10-4-3-7-20(9-10)15(17)23/h1-2,5-6,10H,3-4,7-9H2,(H2,17,23)(H,18,22)(H,19,21)/t10-/m0/s1. The maximum Gasteiger partial charge on any atom is 0.314 e. The minimum atomic E-state index is -0.519. The van der Waals surface area contributed by atoms with Crippen molar-refractivity contribution in [2.75, 3.05) is 25.0 Å². The number of likely N-dealkylation sites (tertiary alicyclic amines) is 1. The van der Waals surface area contributed by atoms with Crippen molar-refractivity contribution in [1.82, 2.24) is 10.2 Å². The minimum absolute atomic E-state index is 0.118. The van der Waals surface area contributed by atoms with Gasteiger partial charge in [0.25, 0.3) is 0 Å². The van der Waals surface area contributed by atoms with Gasteiger partial charge in [0.15, 0.2) is 0 Å². The summed E-state index contributed by atoms with van der Waals surface area (Å²) in [4.78, 5) is 36.6. The van der Waals surface area contributed by atoms with E-state index in [2.05, 4.69) is 26.6 Å². The molecule has 1 aliphatic heterocycles. The van der Waals surface area contributed by atoms with Gasteiger partial charge in [-0.25, -0.2) is 4.79 Å². The van der Waals surface area contributed by atoms with E-state index in [9.17, 15) is 14.4 Å². The van der Waals surface area contributed by atoms with Gasteiger partial charge in [-0.1, -0.05) is 12.1 Å². The topological polar surface area (TPSA) is 105 Å². The Labute approximate surface area is 142 Å². The van der Waals surface area contributed by atoms with Crippen LogP contribution in [0.1, 0.15) is 12.8 Å². The second-order valence-corrected chi connectivity index (χ2v) is 6.22. The summed E-state index contributed by atoms with van der Waals surface area (Å²) in [6, 6.07) is 6.70. The molecule has 0 aromatic heterocycles. The number of nitrogens with zero attached hydrogens (tertiary/aromatic N) is 1. The lowest BCUT2D eigenvalue weighted by molar-refractivity contribution is -0.128. The first kappa shape index (κ1) is 17.3. The Morgan fingerprint density at radius 3 is 2.74 bits per heavy atom. The molecule has 0 bridgehead atoms. The van der Waals surface area contributed by atoms with E-state index in [0.717, 1.165) is 10.9 Å². The van der Waals surface area contributed by atoms with E-state index in [1.165, 1.54) is 4.90 Å². The summed E-state index contributed by atoms with van der Waals surface area (Å²) in [5.41, 5.74) is 5.88. The number of amides is 4. The van der Waals surface area contributed by atoms with Crippen LogP contribution < -0.4 is 16.4 Å². The van der Waals surface area contributed by atoms with E-state index in [4.69, 9.17) is 5.73 Å². The van der Waals surface area contributed by atoms with Crippen LogP contribution >= 0.6 is 15.9 Å². The quantitative estimate of drug-likeness (QED) is 0.730. The molecule has 8 heteroatoms. The molecule has 1 atom stereocenters. The minimum Gasteiger partial charge on any atom is -0.351 e. The summed E-state index contributed by atoms with van der Waals surface area (Å²) in [7, 11) is 0. The van der Waals surface area contributed by atoms with Crippen molar-refractivity contribution in [2.24, 2.45) is 11.7 Å². The lowest BCUT2D eigenvalue weighted by atomic mass is 9.97. The second-order valence-electron chi connectivity index (χ2n) is 5.37. The number of nitrogens with one attached hydrogen (secondary N) is 2. The molecule has 1 aromatic rings. The number of rotatable bonds is 4. The predicted octanol–water partition coefficient (Wildman–Crippen LogP) is 1.29. The summed E-state index contributed by atoms with van der Waals surface area (Å²) >= 11 is 3.34. The molecule has 0 spiro atoms. The van der Waals surface area contributed by atoms with Crippen LogP contribution in [0.15, 0.2) is 28.7 Å². The number of urea groups is 1. The summed E-state index contributed by atoms with van der Waals surface area (Å²) in [5, 5.41) is 5.32. The van der Waals surface area contributed by atoms with Crippen LogP contribution in [-0.2, 0) is 9.59 Å². The van der Waals surface area contributed by atoms with Gasteiger partial charge < -0.3 is 21.3 Å². The number of primary amides is 1. The lowest BCUT2D eigenvalue weighted by Crippen LogP contribution is -2.48. The summed E-state index contributed by atoms with van der Waals surface area (Å²) < 4.78 is 0.768. The molecule has 0 saturated carbocycles. The molecule has 7 nitrogen and oxygen atoms in total. The number of hydrogen-bond acceptors (Lipinski definition) is 3. The molecule has 2 rings (SSSR count). The smallest absolute Gasteiger partial charge is 0.314 e. The molecule has 1 heterocycles. The van der Waals surface area contributed by atoms with Crippen LogP contribution in [0.25, 0.3) is 0 Å². The molecule has 0 unspecified atom stereocenters. The molecule has 4 N–H and O–H groups in total. The van der Waals surface area contributed by atoms with Gasteiger partial charge in [0.05, 0.1) is 18.2 Å². The van der Waals surface area contributed by atoms with E-state index in [0.29, 0.717) is 25.2 Å². The van der Waals surface area contributed by atoms with Gasteiger partial charge in [-0.15, -0.1) is 0 Å². The lowest BCUT2D eigenvalue weighted by Gasteiger charge is -2.30. The fraction of sp³-hybridized carbons (Fsp3) is 0.400. The Kier molecular flexibility index (Phi) is 5.97. The van der Waals surface area contributed by atoms with Gasteiger partial charge in [-0.05, 0) is 40.9 Å². The zero-order valence-electron chi connectivity index (χ0n) is 12.5. The van der Waals surface area contributed by atoms with E-state index in [1.54, 1.807) is 12.1 Å². The molecular weight excluding hydrogens is 364 g/mol. The highest BCUT2D eigenvalue weighted by Crippen LogP contribution is 2.21. The molecule has 4 amide bonds. The van der Waals surface area contributed by atoms with E-state index in [1.807, 2.05) is 12.1 Å². The predicted molar refractivity (Wildman–Crippen MR) is 89.7 cm³/mol. The SMILES string of the molecule is NC(=O)N1CCC[C@H](C(=O)NCC(=O)Nc2ccccc2Br)C1. The monoisotopic (exact) mass is 382 g/mol. The molecule has 1 saturated heterocycles. The third-order valence-corrected chi connectivity index (χ3v) is 4.37. The van der Waals surface area contributed by atoms with Crippen molar-refractivity contribution in [2.45, 2.75) is 12.8 Å². The van der Waals surface area contributed by atoms with Gasteiger partial charge >= 0.3 is 6.03 Å². The molecular formula is C15H19BrN4O3. The van der Waals surface area contributed by atoms with Crippen molar-refractivity contribution < 1.29 is 14.4 Å². The Morgan fingerprint density at radius 1 is 1.30 bits per heavy atom. The summed E-state index contributed by atoms with van der Waals surface area (Å²) in [5.74, 6) is -0.876. The first-order valence-electron chi connectivity index (χ1n) is 7.34. The van der Waals surface area contributed by atoms with Gasteiger partial charge in [0, 0.05) is 17.6 Å². The second kappa shape index (κ2) is 7.96. The number of piperidine rings is 1. The first-order chi connectivity index (χ1) is 11.0. The maximum atomic E-state index is 12.1. The molecule has 1 aromatic carbocycles. The van der Waals surface area contributed by atoms with E-state index < -0.39 is 6.03 Å². The van der Waals surface area contributed by atoms with Crippen molar-refractivity contribution in [3.63, 3.8) is 0 Å². The number of anilines is 1. The number of hydrogen-bond donors (Lipinski definition) is 3. The summed E-state index contributed by atoms with van der Waals surface area (Å²) in [6.07, 6.45) is 1.41. The van der Waals surface area contributed by atoms with Crippen molar-refractivity contribution >= 4 is 39.5 Å². The zero-order valence-corrected chi connectivity index (χ0v) is 14.1. The molecule has 0 radical (unpaired) electrons. The van der Waals surface area contributed by atoms with Gasteiger partial charge in [-0.3, -0.25) is 9.59 Å². The van der Waals surface area contributed by atoms with Crippen molar-refractivity contribution in [1.29, 1.82) is 0 Å². The fourth-order valence-corrected chi connectivity index (χ4v) is 2.84. The average Bonchev–Trinajstić information content (AvgIpc) is 2.55. The van der Waals surface area contributed by atoms with Gasteiger partial charge in [-0.2, -0.15) is 0 Å². The van der Waals surface area contributed by atoms with Crippen LogP contribution in [0.3, 0.4) is 0 Å². The van der Waals surface area contributed by atoms with Crippen LogP contribution in [0.4, 0.5) is 10.5 Å². The van der Waals surface area contributed by atoms with Gasteiger partial charge in [0.1, 0.15) is 0 Å². The fourth-order valence-electron chi connectivity index (χ4n) is 2.46. The number of carbonyl (C=O) groups excluding carboxylic acids is 3. The van der Waals surface area contributed by atoms with E-state index >= 15 is 0 Å². The van der Waals surface area contributed by atoms with Gasteiger partial charge in [0.2, 0.25) is 11.8 Å². The van der Waals surface area contributed by atoms with Crippen molar-refractivity contribution in [3.8, 4) is 0 Å². The maximum absolute atomic E-state index is 12.1. The first-order valence-corrected chi connectivity index (χ1v) is 8.13. The Morgan fingerprint density at radius 2 is 2.04 bits per heavy atom. The Hall–Kier alpha value is -2.09. The van der Waals surface area contributed by atoms with Crippen molar-refractivity contribution in [3.05, 3.63) is 28.7 Å². The Balaban J connectivity index is 1.81. The largest absolute Gasteiger partial charge is 0.351 e. The zero-order chi connectivity index (χ0) is 16.8. The molecule has 23 heavy (non-hydrogen) atoms. The number of halogens is 1. The highest BCUT2D eigenvalue weighted by Gasteiger charge is 2.27. The molecule has 1 aliphatic rings. The summed E-state index contributed by atoms with van der Waals surface area (Å²) in [6.45, 7) is 0.752. The Bertz CT molecular complexity index is 608. The highest BCUT2D eigenvalue weighted by molar-refractivity contribution is 9.10. The number of nitrogens with two attached hydrogens (primary N) is 1. The molecule has 0 aliphatic carbocycles. The number of benzene rings is 1. The molecule has 1 fully saturated rings. The van der Waals surface area contributed by atoms with Crippen LogP contribution in [0.5, 0.6) is 0 Å². The van der Waals surface area contributed by atoms with Crippen LogP contribution in [-0.4, -0.2) is 42.4 Å². The highest BCUT2D eigenvalue weighted by atomic mass is 79.9. The third kappa shape index (κ3) is 4.95. The normalized spacial score (nSPS) is 17.4. The molecule has 124 valence electrons. The van der Waals surface area contributed by atoms with Crippen LogP contribution in [0, 0.1) is 5.92 Å². The third-order valence-electron chi connectivity index (χ3n) is 3.67. The van der Waals surface area contributed by atoms with E-state index in [-0.39, 0.29) is 24.3 Å².